The van der Waals surface area contributed by atoms with E-state index < -0.39 is 0 Å². The van der Waals surface area contributed by atoms with Crippen LogP contribution < -0.4 is 10.1 Å². The molecule has 0 aliphatic heterocycles. The molecule has 0 saturated heterocycles. The third kappa shape index (κ3) is 4.71. The van der Waals surface area contributed by atoms with Crippen molar-refractivity contribution in [1.82, 2.24) is 5.32 Å². The highest BCUT2D eigenvalue weighted by Gasteiger charge is 2.11. The first-order valence-corrected chi connectivity index (χ1v) is 8.04. The molecule has 0 bridgehead atoms. The van der Waals surface area contributed by atoms with Crippen LogP contribution in [0.3, 0.4) is 0 Å². The molecular formula is C20H19NO4. The first-order chi connectivity index (χ1) is 12.2. The largest absolute Gasteiger partial charge is 0.426 e. The van der Waals surface area contributed by atoms with Crippen molar-refractivity contribution in [2.45, 2.75) is 13.0 Å². The number of aliphatic hydroxyl groups is 1. The van der Waals surface area contributed by atoms with E-state index in [1.54, 1.807) is 12.1 Å². The lowest BCUT2D eigenvalue weighted by Gasteiger charge is -2.05. The summed E-state index contributed by atoms with van der Waals surface area (Å²) in [5, 5.41) is 11.8. The van der Waals surface area contributed by atoms with Crippen LogP contribution in [-0.4, -0.2) is 17.6 Å². The van der Waals surface area contributed by atoms with Crippen LogP contribution in [0.2, 0.25) is 0 Å². The minimum Gasteiger partial charge on any atom is -0.426 e. The van der Waals surface area contributed by atoms with E-state index in [0.717, 1.165) is 11.1 Å². The van der Waals surface area contributed by atoms with Crippen molar-refractivity contribution >= 4 is 5.91 Å². The van der Waals surface area contributed by atoms with E-state index in [-0.39, 0.29) is 24.2 Å². The summed E-state index contributed by atoms with van der Waals surface area (Å²) in [5.41, 5.74) is 1.96. The van der Waals surface area contributed by atoms with Gasteiger partial charge in [0.2, 0.25) is 0 Å². The third-order valence-electron chi connectivity index (χ3n) is 3.67. The number of para-hydroxylation sites is 1. The van der Waals surface area contributed by atoms with Gasteiger partial charge in [0.15, 0.2) is 5.76 Å². The van der Waals surface area contributed by atoms with Crippen LogP contribution in [0.4, 0.5) is 0 Å². The zero-order chi connectivity index (χ0) is 17.5. The molecule has 5 nitrogen and oxygen atoms in total. The Morgan fingerprint density at radius 1 is 0.960 bits per heavy atom. The summed E-state index contributed by atoms with van der Waals surface area (Å²) in [6.45, 7) is 0.524. The summed E-state index contributed by atoms with van der Waals surface area (Å²) in [6.07, 6.45) is 0.700. The highest BCUT2D eigenvalue weighted by atomic mass is 16.6. The molecule has 25 heavy (non-hydrogen) atoms. The van der Waals surface area contributed by atoms with Crippen LogP contribution in [0.1, 0.15) is 21.7 Å². The Labute approximate surface area is 145 Å². The van der Waals surface area contributed by atoms with Crippen LogP contribution in [0.5, 0.6) is 11.7 Å². The second-order valence-electron chi connectivity index (χ2n) is 5.51. The molecule has 3 aromatic rings. The van der Waals surface area contributed by atoms with Crippen LogP contribution in [0.25, 0.3) is 0 Å². The minimum absolute atomic E-state index is 0.0307. The number of hydrogen-bond donors (Lipinski definition) is 2. The number of hydrogen-bond acceptors (Lipinski definition) is 4. The number of rotatable bonds is 7. The molecular weight excluding hydrogens is 318 g/mol. The van der Waals surface area contributed by atoms with Crippen molar-refractivity contribution in [1.29, 1.82) is 0 Å². The maximum absolute atomic E-state index is 12.1. The maximum Gasteiger partial charge on any atom is 0.290 e. The predicted octanol–water partition coefficient (Wildman–Crippen LogP) is 3.54. The van der Waals surface area contributed by atoms with Gasteiger partial charge >= 0.3 is 0 Å². The standard InChI is InChI=1S/C20H19NO4/c22-14-16-8-6-15(7-9-16)12-13-21-20(23)18-10-11-19(25-18)24-17-4-2-1-3-5-17/h1-11,22H,12-14H2,(H,21,23). The van der Waals surface area contributed by atoms with Gasteiger partial charge in [0.25, 0.3) is 11.9 Å². The zero-order valence-corrected chi connectivity index (χ0v) is 13.6. The molecule has 0 unspecified atom stereocenters. The molecule has 5 heteroatoms. The van der Waals surface area contributed by atoms with Gasteiger partial charge in [-0.05, 0) is 35.7 Å². The van der Waals surface area contributed by atoms with E-state index in [9.17, 15) is 4.79 Å². The van der Waals surface area contributed by atoms with Gasteiger partial charge in [0.05, 0.1) is 6.61 Å². The lowest BCUT2D eigenvalue weighted by Crippen LogP contribution is -2.25. The third-order valence-corrected chi connectivity index (χ3v) is 3.67. The Morgan fingerprint density at radius 2 is 1.68 bits per heavy atom. The van der Waals surface area contributed by atoms with Crippen molar-refractivity contribution < 1.29 is 19.1 Å². The Balaban J connectivity index is 1.49. The van der Waals surface area contributed by atoms with Crippen molar-refractivity contribution in [3.05, 3.63) is 83.6 Å². The monoisotopic (exact) mass is 337 g/mol. The lowest BCUT2D eigenvalue weighted by atomic mass is 10.1. The quantitative estimate of drug-likeness (QED) is 0.692. The topological polar surface area (TPSA) is 71.7 Å². The molecule has 2 N–H and O–H groups in total. The average Bonchev–Trinajstić information content (AvgIpc) is 3.12. The molecule has 1 heterocycles. The molecule has 0 fully saturated rings. The molecule has 1 amide bonds. The van der Waals surface area contributed by atoms with E-state index in [0.29, 0.717) is 18.7 Å². The van der Waals surface area contributed by atoms with Gasteiger partial charge in [-0.25, -0.2) is 0 Å². The van der Waals surface area contributed by atoms with Gasteiger partial charge < -0.3 is 19.6 Å². The summed E-state index contributed by atoms with van der Waals surface area (Å²) < 4.78 is 11.0. The highest BCUT2D eigenvalue weighted by molar-refractivity contribution is 5.91. The molecule has 0 aliphatic rings. The van der Waals surface area contributed by atoms with Gasteiger partial charge in [-0.3, -0.25) is 4.79 Å². The number of nitrogens with one attached hydrogen (secondary N) is 1. The minimum atomic E-state index is -0.283. The van der Waals surface area contributed by atoms with Crippen molar-refractivity contribution in [2.75, 3.05) is 6.54 Å². The van der Waals surface area contributed by atoms with Gasteiger partial charge in [-0.2, -0.15) is 0 Å². The van der Waals surface area contributed by atoms with E-state index in [2.05, 4.69) is 5.32 Å². The molecule has 3 rings (SSSR count). The fourth-order valence-electron chi connectivity index (χ4n) is 2.32. The van der Waals surface area contributed by atoms with Crippen LogP contribution in [-0.2, 0) is 13.0 Å². The van der Waals surface area contributed by atoms with E-state index in [4.69, 9.17) is 14.3 Å². The SMILES string of the molecule is O=C(NCCc1ccc(CO)cc1)c1ccc(Oc2ccccc2)o1. The summed E-state index contributed by atoms with van der Waals surface area (Å²) in [6, 6.07) is 20.1. The normalized spacial score (nSPS) is 10.4. The number of aliphatic hydroxyl groups excluding tert-OH is 1. The zero-order valence-electron chi connectivity index (χ0n) is 13.6. The summed E-state index contributed by atoms with van der Waals surface area (Å²) in [4.78, 5) is 12.1. The molecule has 1 aromatic heterocycles. The second-order valence-corrected chi connectivity index (χ2v) is 5.51. The van der Waals surface area contributed by atoms with E-state index in [1.165, 1.54) is 0 Å². The Kier molecular flexibility index (Phi) is 5.49. The molecule has 0 saturated carbocycles. The van der Waals surface area contributed by atoms with Crippen LogP contribution in [0.15, 0.2) is 71.1 Å². The van der Waals surface area contributed by atoms with Gasteiger partial charge in [-0.1, -0.05) is 42.5 Å². The lowest BCUT2D eigenvalue weighted by molar-refractivity contribution is 0.0921. The van der Waals surface area contributed by atoms with E-state index in [1.807, 2.05) is 54.6 Å². The molecule has 0 spiro atoms. The average molecular weight is 337 g/mol. The molecule has 128 valence electrons. The maximum atomic E-state index is 12.1. The van der Waals surface area contributed by atoms with Gasteiger partial charge in [0.1, 0.15) is 5.75 Å². The number of carbonyl (C=O) groups is 1. The van der Waals surface area contributed by atoms with Crippen LogP contribution in [0, 0.1) is 0 Å². The molecule has 0 radical (unpaired) electrons. The number of carbonyl (C=O) groups excluding carboxylic acids is 1. The van der Waals surface area contributed by atoms with Crippen molar-refractivity contribution in [3.8, 4) is 11.7 Å². The predicted molar refractivity (Wildman–Crippen MR) is 93.6 cm³/mol. The van der Waals surface area contributed by atoms with Gasteiger partial charge in [-0.15, -0.1) is 0 Å². The highest BCUT2D eigenvalue weighted by Crippen LogP contribution is 2.23. The molecule has 0 aliphatic carbocycles. The number of furan rings is 1. The summed E-state index contributed by atoms with van der Waals surface area (Å²) >= 11 is 0. The molecule has 2 aromatic carbocycles. The fraction of sp³-hybridized carbons (Fsp3) is 0.150. The first kappa shape index (κ1) is 16.8. The number of amides is 1. The first-order valence-electron chi connectivity index (χ1n) is 8.04. The van der Waals surface area contributed by atoms with Crippen LogP contribution >= 0.6 is 0 Å². The molecule has 0 atom stereocenters. The van der Waals surface area contributed by atoms with Crippen molar-refractivity contribution in [2.24, 2.45) is 0 Å². The Bertz CT molecular complexity index is 809. The fourth-order valence-corrected chi connectivity index (χ4v) is 2.32. The Hall–Kier alpha value is -3.05. The van der Waals surface area contributed by atoms with Crippen molar-refractivity contribution in [3.63, 3.8) is 0 Å². The van der Waals surface area contributed by atoms with E-state index >= 15 is 0 Å². The second kappa shape index (κ2) is 8.17. The van der Waals surface area contributed by atoms with Gasteiger partial charge in [0, 0.05) is 12.6 Å². The summed E-state index contributed by atoms with van der Waals surface area (Å²) in [5.74, 6) is 0.850. The number of ether oxygens (including phenoxy) is 1. The Morgan fingerprint density at radius 3 is 2.40 bits per heavy atom. The summed E-state index contributed by atoms with van der Waals surface area (Å²) in [7, 11) is 0. The smallest absolute Gasteiger partial charge is 0.290 e. The number of benzene rings is 2.